The van der Waals surface area contributed by atoms with E-state index in [0.29, 0.717) is 19.3 Å². The van der Waals surface area contributed by atoms with Gasteiger partial charge in [-0.05, 0) is 86.5 Å². The molecule has 0 aromatic heterocycles. The van der Waals surface area contributed by atoms with Gasteiger partial charge in [-0.3, -0.25) is 14.4 Å². The first kappa shape index (κ1) is 26.6. The van der Waals surface area contributed by atoms with Crippen LogP contribution in [0, 0.1) is 50.9 Å². The fraction of sp³-hybridized carbons (Fsp3) is 0.750. The van der Waals surface area contributed by atoms with E-state index >= 15 is 0 Å². The van der Waals surface area contributed by atoms with Crippen LogP contribution >= 0.6 is 0 Å². The second-order valence-corrected chi connectivity index (χ2v) is 15.1. The molecule has 0 aromatic rings. The van der Waals surface area contributed by atoms with Crippen molar-refractivity contribution in [1.29, 1.82) is 0 Å². The standard InChI is InChI=1S/C32H41NO6/c1-26(2)11-13-31-14-12-29(5)28(4)10-9-19-27(3,16-18(33-7)23(35)30(19,6)24(36)38-8)20(28)15-22(34)32(29,21(31)17-26)39-25(31)37/h15,19,21,35H,9-14,16-17H2,1-6,8H3/t19-,21-,27+,28-,29+,30+,31+,32-/m1/s1. The molecule has 3 saturated carbocycles. The average molecular weight is 536 g/mol. The molecule has 1 heterocycles. The summed E-state index contributed by atoms with van der Waals surface area (Å²) in [6, 6.07) is 0. The molecule has 0 radical (unpaired) electrons. The van der Waals surface area contributed by atoms with E-state index in [1.807, 2.05) is 6.92 Å². The Morgan fingerprint density at radius 3 is 2.36 bits per heavy atom. The van der Waals surface area contributed by atoms with E-state index < -0.39 is 38.6 Å². The lowest BCUT2D eigenvalue weighted by Crippen LogP contribution is -2.71. The van der Waals surface area contributed by atoms with Gasteiger partial charge in [0.25, 0.3) is 0 Å². The zero-order valence-corrected chi connectivity index (χ0v) is 24.3. The Balaban J connectivity index is 1.58. The number of fused-ring (bicyclic) bond motifs is 4. The number of aliphatic hydroxyl groups is 1. The van der Waals surface area contributed by atoms with Crippen LogP contribution in [0.25, 0.3) is 4.85 Å². The zero-order chi connectivity index (χ0) is 28.6. The van der Waals surface area contributed by atoms with Crippen LogP contribution in [0.3, 0.4) is 0 Å². The molecular weight excluding hydrogens is 494 g/mol. The largest absolute Gasteiger partial charge is 0.522 e. The van der Waals surface area contributed by atoms with Gasteiger partial charge in [-0.2, -0.15) is 0 Å². The number of methoxy groups -OCH3 is 1. The van der Waals surface area contributed by atoms with Crippen molar-refractivity contribution >= 4 is 17.7 Å². The molecular formula is C32H41NO6. The molecule has 210 valence electrons. The van der Waals surface area contributed by atoms with Crippen molar-refractivity contribution in [2.45, 2.75) is 98.5 Å². The van der Waals surface area contributed by atoms with Gasteiger partial charge in [0.2, 0.25) is 5.70 Å². The van der Waals surface area contributed by atoms with Crippen molar-refractivity contribution in [2.75, 3.05) is 7.11 Å². The Morgan fingerprint density at radius 1 is 1.05 bits per heavy atom. The van der Waals surface area contributed by atoms with Crippen molar-refractivity contribution < 1.29 is 29.0 Å². The minimum atomic E-state index is -1.39. The maximum Gasteiger partial charge on any atom is 0.318 e. The van der Waals surface area contributed by atoms with Crippen LogP contribution in [0.15, 0.2) is 23.1 Å². The lowest BCUT2D eigenvalue weighted by molar-refractivity contribution is -0.209. The summed E-state index contributed by atoms with van der Waals surface area (Å²) in [6.45, 7) is 20.4. The number of ketones is 1. The molecule has 1 spiro atoms. The Labute approximate surface area is 231 Å². The molecule has 6 rings (SSSR count). The van der Waals surface area contributed by atoms with Gasteiger partial charge < -0.3 is 14.6 Å². The second-order valence-electron chi connectivity index (χ2n) is 15.1. The number of hydrogen-bond acceptors (Lipinski definition) is 6. The zero-order valence-electron chi connectivity index (χ0n) is 24.3. The molecule has 4 fully saturated rings. The lowest BCUT2D eigenvalue weighted by atomic mass is 9.33. The van der Waals surface area contributed by atoms with Gasteiger partial charge in [-0.25, -0.2) is 4.85 Å². The molecule has 0 aromatic carbocycles. The number of aliphatic hydroxyl groups excluding tert-OH is 1. The molecule has 0 amide bonds. The first-order valence-corrected chi connectivity index (χ1v) is 14.4. The molecule has 39 heavy (non-hydrogen) atoms. The van der Waals surface area contributed by atoms with E-state index in [2.05, 4.69) is 32.5 Å². The SMILES string of the molecule is [C-]#[N+]C1=C(O)[C@@](C)(C(=O)OC)[C@@H]2CC[C@]3(C)C(=CC(=O)[C@]45OC(=O)[C@@]6(CCC(C)(C)C[C@H]64)CC[C@@]35C)[C@@]2(C)C1. The number of hydrogen-bond donors (Lipinski definition) is 1. The summed E-state index contributed by atoms with van der Waals surface area (Å²) in [5.41, 5.74) is -3.96. The van der Waals surface area contributed by atoms with Crippen LogP contribution in [0.4, 0.5) is 0 Å². The van der Waals surface area contributed by atoms with Crippen LogP contribution in [0.1, 0.15) is 92.9 Å². The van der Waals surface area contributed by atoms with E-state index in [1.165, 1.54) is 7.11 Å². The van der Waals surface area contributed by atoms with Gasteiger partial charge in [0.15, 0.2) is 11.4 Å². The third-order valence-corrected chi connectivity index (χ3v) is 13.2. The number of rotatable bonds is 1. The quantitative estimate of drug-likeness (QED) is 0.322. The fourth-order valence-corrected chi connectivity index (χ4v) is 10.8. The summed E-state index contributed by atoms with van der Waals surface area (Å²) in [7, 11) is 1.31. The van der Waals surface area contributed by atoms with Crippen LogP contribution in [-0.2, 0) is 23.9 Å². The monoisotopic (exact) mass is 535 g/mol. The first-order valence-electron chi connectivity index (χ1n) is 14.4. The number of carbonyl (C=O) groups is 3. The van der Waals surface area contributed by atoms with Crippen LogP contribution < -0.4 is 0 Å². The summed E-state index contributed by atoms with van der Waals surface area (Å²) in [6.07, 6.45) is 7.19. The lowest BCUT2D eigenvalue weighted by Gasteiger charge is -2.69. The Morgan fingerprint density at radius 2 is 1.72 bits per heavy atom. The second kappa shape index (κ2) is 7.36. The molecule has 6 aliphatic rings. The highest BCUT2D eigenvalue weighted by atomic mass is 16.6. The van der Waals surface area contributed by atoms with Crippen LogP contribution in [0.2, 0.25) is 0 Å². The Bertz CT molecular complexity index is 1340. The Hall–Kier alpha value is -2.62. The fourth-order valence-electron chi connectivity index (χ4n) is 10.8. The topological polar surface area (TPSA) is 94.3 Å². The van der Waals surface area contributed by atoms with Gasteiger partial charge in [-0.1, -0.05) is 40.2 Å². The molecule has 1 aliphatic heterocycles. The van der Waals surface area contributed by atoms with Crippen LogP contribution in [-0.4, -0.2) is 35.5 Å². The van der Waals surface area contributed by atoms with E-state index in [4.69, 9.17) is 16.0 Å². The predicted molar refractivity (Wildman–Crippen MR) is 143 cm³/mol. The number of nitrogens with zero attached hydrogens (tertiary/aromatic N) is 1. The van der Waals surface area contributed by atoms with Crippen molar-refractivity contribution in [3.05, 3.63) is 34.5 Å². The molecule has 1 saturated heterocycles. The smallest absolute Gasteiger partial charge is 0.318 e. The third-order valence-electron chi connectivity index (χ3n) is 13.2. The maximum absolute atomic E-state index is 14.6. The highest BCUT2D eigenvalue weighted by Crippen LogP contribution is 2.79. The summed E-state index contributed by atoms with van der Waals surface area (Å²) in [5, 5.41) is 11.2. The maximum atomic E-state index is 14.6. The van der Waals surface area contributed by atoms with Crippen molar-refractivity contribution in [1.82, 2.24) is 0 Å². The number of carbonyl (C=O) groups excluding carboxylic acids is 3. The highest BCUT2D eigenvalue weighted by Gasteiger charge is 2.82. The number of esters is 2. The van der Waals surface area contributed by atoms with Gasteiger partial charge in [-0.15, -0.1) is 0 Å². The molecule has 0 unspecified atom stereocenters. The molecule has 5 aliphatic carbocycles. The van der Waals surface area contributed by atoms with Gasteiger partial charge in [0.1, 0.15) is 11.2 Å². The summed E-state index contributed by atoms with van der Waals surface area (Å²) < 4.78 is 11.6. The number of allylic oxidation sites excluding steroid dienone is 2. The minimum Gasteiger partial charge on any atom is -0.522 e. The van der Waals surface area contributed by atoms with Gasteiger partial charge in [0, 0.05) is 11.3 Å². The molecule has 8 atom stereocenters. The van der Waals surface area contributed by atoms with Crippen LogP contribution in [0.5, 0.6) is 0 Å². The average Bonchev–Trinajstić information content (AvgIpc) is 3.07. The normalized spacial score (nSPS) is 49.4. The molecule has 7 heteroatoms. The third kappa shape index (κ3) is 2.63. The van der Waals surface area contributed by atoms with Gasteiger partial charge >= 0.3 is 11.9 Å². The predicted octanol–water partition coefficient (Wildman–Crippen LogP) is 6.10. The first-order chi connectivity index (χ1) is 18.0. The van der Waals surface area contributed by atoms with E-state index in [9.17, 15) is 19.5 Å². The van der Waals surface area contributed by atoms with E-state index in [1.54, 1.807) is 13.0 Å². The Kier molecular flexibility index (Phi) is 5.02. The molecule has 2 bridgehead atoms. The minimum absolute atomic E-state index is 0.0146. The highest BCUT2D eigenvalue weighted by molar-refractivity contribution is 6.05. The van der Waals surface area contributed by atoms with Crippen molar-refractivity contribution in [2.24, 2.45) is 44.3 Å². The summed E-state index contributed by atoms with van der Waals surface area (Å²) in [4.78, 5) is 45.3. The van der Waals surface area contributed by atoms with Crippen molar-refractivity contribution in [3.8, 4) is 0 Å². The number of ether oxygens (including phenoxy) is 2. The van der Waals surface area contributed by atoms with Gasteiger partial charge in [0.05, 0.1) is 19.1 Å². The summed E-state index contributed by atoms with van der Waals surface area (Å²) >= 11 is 0. The summed E-state index contributed by atoms with van der Waals surface area (Å²) in [5.74, 6) is -1.63. The molecule has 7 nitrogen and oxygen atoms in total. The van der Waals surface area contributed by atoms with E-state index in [-0.39, 0.29) is 46.9 Å². The van der Waals surface area contributed by atoms with E-state index in [0.717, 1.165) is 31.3 Å². The van der Waals surface area contributed by atoms with Crippen molar-refractivity contribution in [3.63, 3.8) is 0 Å². The molecule has 1 N–H and O–H groups in total.